The third-order valence-corrected chi connectivity index (χ3v) is 5.26. The Bertz CT molecular complexity index is 1420. The van der Waals surface area contributed by atoms with Gasteiger partial charge in [-0.25, -0.2) is 18.4 Å². The van der Waals surface area contributed by atoms with Crippen LogP contribution in [-0.4, -0.2) is 54.5 Å². The highest BCUT2D eigenvalue weighted by atomic mass is 32.2. The van der Waals surface area contributed by atoms with Crippen molar-refractivity contribution in [1.82, 2.24) is 25.3 Å². The summed E-state index contributed by atoms with van der Waals surface area (Å²) >= 11 is 0. The molecular weight excluding hydrogens is 489 g/mol. The summed E-state index contributed by atoms with van der Waals surface area (Å²) in [5.74, 6) is -1.83. The third-order valence-electron chi connectivity index (χ3n) is 4.42. The normalized spacial score (nSPS) is 13.2. The lowest BCUT2D eigenvalue weighted by Gasteiger charge is -2.19. The molecule has 2 heterocycles. The fraction of sp³-hybridized carbons (Fsp3) is 0.250. The van der Waals surface area contributed by atoms with Gasteiger partial charge >= 0.3 is 6.18 Å². The van der Waals surface area contributed by atoms with Crippen molar-refractivity contribution in [2.45, 2.75) is 12.7 Å². The Hall–Kier alpha value is -4.01. The minimum Gasteiger partial charge on any atom is -0.364 e. The second-order valence-corrected chi connectivity index (χ2v) is 8.77. The van der Waals surface area contributed by atoms with Crippen LogP contribution in [-0.2, 0) is 22.7 Å². The first-order chi connectivity index (χ1) is 17.6. The highest BCUT2D eigenvalue weighted by molar-refractivity contribution is 7.92. The van der Waals surface area contributed by atoms with E-state index in [1.807, 2.05) is 0 Å². The lowest BCUT2D eigenvalue weighted by molar-refractivity contribution is -0.137. The van der Waals surface area contributed by atoms with Crippen LogP contribution in [0.1, 0.15) is 25.7 Å². The van der Waals surface area contributed by atoms with Crippen LogP contribution in [0.2, 0.25) is 0 Å². The smallest absolute Gasteiger partial charge is 0.364 e. The van der Waals surface area contributed by atoms with Crippen LogP contribution in [0.15, 0.2) is 42.9 Å². The van der Waals surface area contributed by atoms with Gasteiger partial charge in [0, 0.05) is 48.0 Å². The minimum absolute atomic E-state index is 0.0596. The molecular formula is C20H21F3N8O3S. The second kappa shape index (κ2) is 10.1. The third kappa shape index (κ3) is 6.32. The molecule has 1 aromatic carbocycles. The van der Waals surface area contributed by atoms with Crippen LogP contribution in [0.4, 0.5) is 36.4 Å². The van der Waals surface area contributed by atoms with Crippen molar-refractivity contribution in [1.29, 1.82) is 0 Å². The van der Waals surface area contributed by atoms with E-state index >= 15 is 0 Å². The summed E-state index contributed by atoms with van der Waals surface area (Å²) in [7, 11) is -2.90. The molecule has 0 fully saturated rings. The van der Waals surface area contributed by atoms with E-state index in [0.717, 1.165) is 12.4 Å². The van der Waals surface area contributed by atoms with Gasteiger partial charge in [-0.1, -0.05) is 0 Å². The number of hydrogen-bond acceptors (Lipinski definition) is 9. The predicted molar refractivity (Wildman–Crippen MR) is 123 cm³/mol. The van der Waals surface area contributed by atoms with Crippen LogP contribution in [0, 0.1) is 0 Å². The zero-order valence-electron chi connectivity index (χ0n) is 21.3. The van der Waals surface area contributed by atoms with Crippen molar-refractivity contribution in [3.63, 3.8) is 0 Å². The number of halogens is 3. The van der Waals surface area contributed by atoms with Gasteiger partial charge in [0.2, 0.25) is 16.0 Å². The maximum absolute atomic E-state index is 13.6. The second-order valence-electron chi connectivity index (χ2n) is 6.94. The molecule has 15 heteroatoms. The van der Waals surface area contributed by atoms with Gasteiger partial charge in [-0.15, -0.1) is 0 Å². The fourth-order valence-electron chi connectivity index (χ4n) is 2.74. The number of rotatable bonds is 8. The first kappa shape index (κ1) is 21.5. The Morgan fingerprint density at radius 3 is 2.43 bits per heavy atom. The SMILES string of the molecule is [2H]C([2H])([2H])N(c1nccnc1CNc1nc(Nc2ccc(C(=O)NC)cc2)ncc1C(F)(F)F)S(C)(=O)=O. The van der Waals surface area contributed by atoms with Crippen molar-refractivity contribution in [2.24, 2.45) is 0 Å². The summed E-state index contributed by atoms with van der Waals surface area (Å²) in [6.07, 6.45) is -1.50. The van der Waals surface area contributed by atoms with Gasteiger partial charge in [0.1, 0.15) is 17.1 Å². The van der Waals surface area contributed by atoms with Crippen LogP contribution >= 0.6 is 0 Å². The van der Waals surface area contributed by atoms with Crippen molar-refractivity contribution in [3.8, 4) is 0 Å². The molecule has 11 nitrogen and oxygen atoms in total. The Balaban J connectivity index is 1.93. The number of alkyl halides is 3. The summed E-state index contributed by atoms with van der Waals surface area (Å²) in [4.78, 5) is 26.9. The fourth-order valence-corrected chi connectivity index (χ4v) is 3.21. The van der Waals surface area contributed by atoms with Gasteiger partial charge in [-0.05, 0) is 24.3 Å². The number of aromatic nitrogens is 4. The summed E-state index contributed by atoms with van der Waals surface area (Å²) in [6.45, 7) is -3.74. The molecule has 0 spiro atoms. The van der Waals surface area contributed by atoms with E-state index in [1.54, 1.807) is 0 Å². The predicted octanol–water partition coefficient (Wildman–Crippen LogP) is 2.40. The molecule has 0 aliphatic heterocycles. The average Bonchev–Trinajstić information content (AvgIpc) is 2.81. The number of amides is 1. The van der Waals surface area contributed by atoms with E-state index in [4.69, 9.17) is 4.11 Å². The van der Waals surface area contributed by atoms with Gasteiger partial charge in [-0.2, -0.15) is 18.2 Å². The van der Waals surface area contributed by atoms with Crippen LogP contribution in [0.25, 0.3) is 0 Å². The van der Waals surface area contributed by atoms with Gasteiger partial charge in [-0.3, -0.25) is 14.1 Å². The number of carbonyl (C=O) groups is 1. The quantitative estimate of drug-likeness (QED) is 0.414. The first-order valence-electron chi connectivity index (χ1n) is 11.2. The number of nitrogens with one attached hydrogen (secondary N) is 3. The Morgan fingerprint density at radius 2 is 1.83 bits per heavy atom. The van der Waals surface area contributed by atoms with E-state index in [0.29, 0.717) is 23.7 Å². The number of benzene rings is 1. The maximum Gasteiger partial charge on any atom is 0.421 e. The molecule has 2 aromatic heterocycles. The molecule has 0 atom stereocenters. The van der Waals surface area contributed by atoms with Crippen molar-refractivity contribution in [2.75, 3.05) is 35.2 Å². The van der Waals surface area contributed by atoms with E-state index in [1.165, 1.54) is 31.3 Å². The Kier molecular flexibility index (Phi) is 6.20. The standard InChI is InChI=1S/C20H21F3N8O3S/c1-24-18(32)12-4-6-13(7-5-12)29-19-28-10-14(20(21,22)23)16(30-19)27-11-15-17(26-9-8-25-15)31(2)35(3,33)34/h4-10H,11H2,1-3H3,(H,24,32)(H2,27,28,29,30)/i2D3. The summed E-state index contributed by atoms with van der Waals surface area (Å²) < 4.78 is 88.0. The Morgan fingerprint density at radius 1 is 1.14 bits per heavy atom. The average molecular weight is 514 g/mol. The Labute approximate surface area is 203 Å². The molecule has 0 unspecified atom stereocenters. The molecule has 35 heavy (non-hydrogen) atoms. The molecule has 0 aliphatic carbocycles. The van der Waals surface area contributed by atoms with Crippen LogP contribution in [0.5, 0.6) is 0 Å². The minimum atomic E-state index is -4.86. The van der Waals surface area contributed by atoms with E-state index in [2.05, 4.69) is 35.9 Å². The molecule has 3 aromatic rings. The lowest BCUT2D eigenvalue weighted by Crippen LogP contribution is -2.27. The van der Waals surface area contributed by atoms with Gasteiger partial charge < -0.3 is 16.0 Å². The number of nitrogens with zero attached hydrogens (tertiary/aromatic N) is 5. The van der Waals surface area contributed by atoms with Gasteiger partial charge in [0.05, 0.1) is 12.8 Å². The van der Waals surface area contributed by atoms with Crippen molar-refractivity contribution >= 4 is 39.2 Å². The number of sulfonamides is 1. The molecule has 3 N–H and O–H groups in total. The molecule has 0 saturated carbocycles. The molecule has 186 valence electrons. The maximum atomic E-state index is 13.6. The van der Waals surface area contributed by atoms with E-state index in [9.17, 15) is 26.4 Å². The zero-order chi connectivity index (χ0) is 28.3. The highest BCUT2D eigenvalue weighted by Crippen LogP contribution is 2.34. The molecule has 0 saturated heterocycles. The summed E-state index contributed by atoms with van der Waals surface area (Å²) in [5.41, 5.74) is -0.769. The molecule has 0 radical (unpaired) electrons. The highest BCUT2D eigenvalue weighted by Gasteiger charge is 2.35. The van der Waals surface area contributed by atoms with E-state index in [-0.39, 0.29) is 21.9 Å². The monoisotopic (exact) mass is 513 g/mol. The van der Waals surface area contributed by atoms with E-state index < -0.39 is 46.9 Å². The summed E-state index contributed by atoms with van der Waals surface area (Å²) in [6, 6.07) is 5.97. The summed E-state index contributed by atoms with van der Waals surface area (Å²) in [5, 5.41) is 7.60. The molecule has 0 bridgehead atoms. The number of anilines is 4. The van der Waals surface area contributed by atoms with Gasteiger partial charge in [0.25, 0.3) is 5.91 Å². The molecule has 3 rings (SSSR count). The molecule has 1 amide bonds. The van der Waals surface area contributed by atoms with Crippen molar-refractivity contribution in [3.05, 3.63) is 59.7 Å². The van der Waals surface area contributed by atoms with Crippen LogP contribution < -0.4 is 20.3 Å². The first-order valence-corrected chi connectivity index (χ1v) is 11.5. The van der Waals surface area contributed by atoms with Crippen molar-refractivity contribution < 1.29 is 30.5 Å². The molecule has 0 aliphatic rings. The lowest BCUT2D eigenvalue weighted by atomic mass is 10.2. The number of hydrogen-bond donors (Lipinski definition) is 3. The topological polar surface area (TPSA) is 142 Å². The van der Waals surface area contributed by atoms with Gasteiger partial charge in [0.15, 0.2) is 5.82 Å². The number of carbonyl (C=O) groups excluding carboxylic acids is 1. The largest absolute Gasteiger partial charge is 0.421 e. The van der Waals surface area contributed by atoms with Crippen LogP contribution in [0.3, 0.4) is 0 Å². The zero-order valence-corrected chi connectivity index (χ0v) is 19.1.